The van der Waals surface area contributed by atoms with E-state index in [1.165, 1.54) is 6.92 Å². The summed E-state index contributed by atoms with van der Waals surface area (Å²) in [5, 5.41) is 1.96. The second-order valence-electron chi connectivity index (χ2n) is 10.5. The molecular weight excluding hydrogens is 504 g/mol. The van der Waals surface area contributed by atoms with Crippen LogP contribution in [0.3, 0.4) is 0 Å². The third kappa shape index (κ3) is 3.47. The lowest BCUT2D eigenvalue weighted by molar-refractivity contribution is 0.627. The van der Waals surface area contributed by atoms with Gasteiger partial charge in [0, 0.05) is 63.2 Å². The van der Waals surface area contributed by atoms with Gasteiger partial charge in [0.15, 0.2) is 17.5 Å². The average Bonchev–Trinajstić information content (AvgIpc) is 3.45. The van der Waals surface area contributed by atoms with Crippen molar-refractivity contribution in [1.82, 2.24) is 29.5 Å². The summed E-state index contributed by atoms with van der Waals surface area (Å²) < 4.78 is 77.8. The monoisotopic (exact) mass is 539 g/mol. The molecule has 0 fully saturated rings. The van der Waals surface area contributed by atoms with E-state index in [4.69, 9.17) is 17.3 Å². The van der Waals surface area contributed by atoms with Crippen LogP contribution in [-0.4, -0.2) is 29.5 Å². The van der Waals surface area contributed by atoms with Crippen LogP contribution in [0.5, 0.6) is 0 Å². The van der Waals surface area contributed by atoms with Crippen LogP contribution in [0.15, 0.2) is 103 Å². The molecule has 0 spiro atoms. The van der Waals surface area contributed by atoms with Crippen molar-refractivity contribution >= 4 is 21.8 Å². The van der Waals surface area contributed by atoms with E-state index in [1.54, 1.807) is 6.20 Å². The Hall–Kier alpha value is -5.23. The second-order valence-corrected chi connectivity index (χ2v) is 10.5. The first-order valence-electron chi connectivity index (χ1n) is 17.5. The minimum Gasteiger partial charge on any atom is -0.308 e. The number of nitrogens with zero attached hydrogens (tertiary/aromatic N) is 6. The van der Waals surface area contributed by atoms with E-state index in [2.05, 4.69) is 38.4 Å². The largest absolute Gasteiger partial charge is 0.308 e. The van der Waals surface area contributed by atoms with Gasteiger partial charge in [-0.05, 0) is 42.3 Å². The van der Waals surface area contributed by atoms with Crippen LogP contribution in [0, 0.1) is 6.92 Å². The lowest BCUT2D eigenvalue weighted by Crippen LogP contribution is -2.26. The van der Waals surface area contributed by atoms with Gasteiger partial charge in [-0.1, -0.05) is 68.2 Å². The first kappa shape index (κ1) is 16.1. The van der Waals surface area contributed by atoms with Crippen molar-refractivity contribution in [3.8, 4) is 39.9 Å². The van der Waals surface area contributed by atoms with Crippen molar-refractivity contribution in [3.63, 3.8) is 0 Å². The van der Waals surface area contributed by atoms with Crippen LogP contribution in [0.2, 0.25) is 0 Å². The zero-order valence-corrected chi connectivity index (χ0v) is 22.3. The number of fused-ring (bicyclic) bond motifs is 5. The predicted octanol–water partition coefficient (Wildman–Crippen LogP) is 7.71. The Bertz CT molecular complexity index is 2510. The summed E-state index contributed by atoms with van der Waals surface area (Å²) in [6, 6.07) is 3.44. The fourth-order valence-electron chi connectivity index (χ4n) is 5.71. The van der Waals surface area contributed by atoms with Gasteiger partial charge in [0.25, 0.3) is 0 Å². The molecule has 6 heteroatoms. The van der Waals surface area contributed by atoms with Crippen molar-refractivity contribution in [3.05, 3.63) is 120 Å². The average molecular weight is 540 g/mol. The molecule has 1 aliphatic rings. The zero-order chi connectivity index (χ0) is 35.5. The maximum absolute atomic E-state index is 8.73. The van der Waals surface area contributed by atoms with Gasteiger partial charge in [-0.2, -0.15) is 0 Å². The smallest absolute Gasteiger partial charge is 0.164 e. The molecule has 196 valence electrons. The molecular formula is C35H26N6. The Morgan fingerprint density at radius 2 is 1.44 bits per heavy atom. The van der Waals surface area contributed by atoms with Gasteiger partial charge >= 0.3 is 0 Å². The number of hydrogen-bond donors (Lipinski definition) is 0. The third-order valence-electron chi connectivity index (χ3n) is 7.77. The summed E-state index contributed by atoms with van der Waals surface area (Å²) >= 11 is 0. The molecule has 0 N–H and O–H groups in total. The number of hydrogen-bond acceptors (Lipinski definition) is 5. The minimum absolute atomic E-state index is 0.0152. The molecule has 1 aliphatic heterocycles. The summed E-state index contributed by atoms with van der Waals surface area (Å²) in [5.41, 5.74) is 4.78. The van der Waals surface area contributed by atoms with Gasteiger partial charge in [0.05, 0.1) is 29.1 Å². The Morgan fingerprint density at radius 3 is 2.29 bits per heavy atom. The highest BCUT2D eigenvalue weighted by atomic mass is 15.0. The molecule has 0 saturated heterocycles. The molecule has 0 radical (unpaired) electrons. The Kier molecular flexibility index (Phi) is 3.40. The van der Waals surface area contributed by atoms with Crippen molar-refractivity contribution in [2.24, 2.45) is 0 Å². The predicted molar refractivity (Wildman–Crippen MR) is 163 cm³/mol. The number of rotatable bonds is 3. The lowest BCUT2D eigenvalue weighted by atomic mass is 9.75. The van der Waals surface area contributed by atoms with Crippen molar-refractivity contribution < 1.29 is 12.3 Å². The summed E-state index contributed by atoms with van der Waals surface area (Å²) in [6.07, 6.45) is 7.30. The quantitative estimate of drug-likeness (QED) is 0.230. The number of aromatic nitrogens is 6. The van der Waals surface area contributed by atoms with E-state index in [0.29, 0.717) is 5.56 Å². The molecule has 0 aliphatic carbocycles. The molecule has 8 rings (SSSR count). The van der Waals surface area contributed by atoms with Gasteiger partial charge in [-0.25, -0.2) is 15.0 Å². The van der Waals surface area contributed by atoms with E-state index in [9.17, 15) is 0 Å². The maximum Gasteiger partial charge on any atom is 0.164 e. The van der Waals surface area contributed by atoms with E-state index >= 15 is 0 Å². The summed E-state index contributed by atoms with van der Waals surface area (Å²) in [6.45, 7) is 5.74. The third-order valence-corrected chi connectivity index (χ3v) is 7.77. The SMILES string of the molecule is [2H]c1c([2H])c([2H])c(-c2nc(-c3ccc4c(c3)C(C)(C)c3cncc5c6cnccc6n-4c35)nc(-c3c([2H])c([2H])c([2H])c([2H])c3C)n2)c([2H])c1[2H]. The minimum atomic E-state index is -0.569. The molecule has 3 aromatic carbocycles. The molecule has 0 bridgehead atoms. The fraction of sp³-hybridized carbons (Fsp3) is 0.114. The van der Waals surface area contributed by atoms with Gasteiger partial charge in [0.1, 0.15) is 0 Å². The Morgan fingerprint density at radius 1 is 0.707 bits per heavy atom. The second kappa shape index (κ2) is 8.63. The first-order chi connectivity index (χ1) is 23.7. The summed E-state index contributed by atoms with van der Waals surface area (Å²) in [7, 11) is 0. The first-order valence-corrected chi connectivity index (χ1v) is 13.0. The summed E-state index contributed by atoms with van der Waals surface area (Å²) in [5.74, 6) is -0.268. The topological polar surface area (TPSA) is 69.4 Å². The molecule has 0 amide bonds. The van der Waals surface area contributed by atoms with Crippen LogP contribution >= 0.6 is 0 Å². The Labute approximate surface area is 250 Å². The van der Waals surface area contributed by atoms with E-state index in [0.717, 1.165) is 38.6 Å². The maximum atomic E-state index is 8.73. The molecule has 41 heavy (non-hydrogen) atoms. The van der Waals surface area contributed by atoms with E-state index in [1.807, 2.05) is 42.9 Å². The highest BCUT2D eigenvalue weighted by Gasteiger charge is 2.36. The number of pyridine rings is 2. The molecule has 0 unspecified atom stereocenters. The van der Waals surface area contributed by atoms with Crippen molar-refractivity contribution in [2.75, 3.05) is 0 Å². The van der Waals surface area contributed by atoms with Crippen LogP contribution in [-0.2, 0) is 5.41 Å². The standard InChI is InChI=1S/C35H26N6/c1-21-9-7-8-12-24(21)34-39-32(22-10-5-4-6-11-22)38-33(40-34)23-13-14-30-27(17-23)35(2,3)28-20-37-19-26-25-18-36-16-15-29(25)41(30)31(26)28/h4-20H,1-3H3/i4D,5D,6D,7D,8D,9D,10D,11D,12D. The molecule has 6 nitrogen and oxygen atoms in total. The van der Waals surface area contributed by atoms with Crippen LogP contribution in [0.4, 0.5) is 0 Å². The molecule has 4 aromatic heterocycles. The van der Waals surface area contributed by atoms with Gasteiger partial charge in [0.2, 0.25) is 0 Å². The molecule has 0 saturated carbocycles. The fourth-order valence-corrected chi connectivity index (χ4v) is 5.71. The highest BCUT2D eigenvalue weighted by molar-refractivity contribution is 6.10. The lowest BCUT2D eigenvalue weighted by Gasteiger charge is -2.34. The molecule has 0 atom stereocenters. The normalized spacial score (nSPS) is 16.5. The van der Waals surface area contributed by atoms with E-state index < -0.39 is 47.7 Å². The van der Waals surface area contributed by atoms with Gasteiger partial charge < -0.3 is 4.57 Å². The van der Waals surface area contributed by atoms with Crippen molar-refractivity contribution in [1.29, 1.82) is 0 Å². The van der Waals surface area contributed by atoms with Crippen LogP contribution in [0.25, 0.3) is 61.7 Å². The van der Waals surface area contributed by atoms with Crippen LogP contribution < -0.4 is 0 Å². The zero-order valence-electron chi connectivity index (χ0n) is 31.3. The van der Waals surface area contributed by atoms with Gasteiger partial charge in [-0.3, -0.25) is 9.97 Å². The van der Waals surface area contributed by atoms with Gasteiger partial charge in [-0.15, -0.1) is 0 Å². The van der Waals surface area contributed by atoms with Crippen molar-refractivity contribution in [2.45, 2.75) is 26.2 Å². The molecule has 7 aromatic rings. The van der Waals surface area contributed by atoms with E-state index in [-0.39, 0.29) is 46.2 Å². The molecule has 5 heterocycles. The number of benzene rings is 3. The Balaban J connectivity index is 1.43. The summed E-state index contributed by atoms with van der Waals surface area (Å²) in [4.78, 5) is 22.8. The van der Waals surface area contributed by atoms with Crippen LogP contribution in [0.1, 0.15) is 42.9 Å². The highest BCUT2D eigenvalue weighted by Crippen LogP contribution is 2.47.